The fourth-order valence-corrected chi connectivity index (χ4v) is 4.00. The van der Waals surface area contributed by atoms with E-state index in [9.17, 15) is 19.4 Å². The Hall–Kier alpha value is -3.97. The zero-order chi connectivity index (χ0) is 25.2. The first-order valence-corrected chi connectivity index (χ1v) is 10.9. The van der Waals surface area contributed by atoms with Gasteiger partial charge in [-0.3, -0.25) is 0 Å². The minimum Gasteiger partial charge on any atom is -0.478 e. The van der Waals surface area contributed by atoms with Gasteiger partial charge in [0.15, 0.2) is 0 Å². The van der Waals surface area contributed by atoms with E-state index in [-0.39, 0.29) is 11.4 Å². The van der Waals surface area contributed by atoms with Crippen LogP contribution in [0.5, 0.6) is 0 Å². The number of nitrogen functional groups attached to an aromatic ring is 1. The molecule has 0 aliphatic rings. The number of carbonyl (C=O) groups is 1. The number of carboxylic acid groups (broad SMARTS) is 1. The molecule has 0 amide bonds. The second kappa shape index (κ2) is 9.49. The summed E-state index contributed by atoms with van der Waals surface area (Å²) < 4.78 is 15.5. The summed E-state index contributed by atoms with van der Waals surface area (Å²) in [5.41, 5.74) is 9.12. The summed E-state index contributed by atoms with van der Waals surface area (Å²) in [6.07, 6.45) is 1.15. The topological polar surface area (TPSA) is 112 Å². The molecule has 0 saturated heterocycles. The Morgan fingerprint density at radius 2 is 1.65 bits per heavy atom. The van der Waals surface area contributed by atoms with Crippen molar-refractivity contribution in [2.45, 2.75) is 33.3 Å². The molecule has 3 aromatic carbocycles. The lowest BCUT2D eigenvalue weighted by atomic mass is 9.93. The van der Waals surface area contributed by atoms with E-state index in [4.69, 9.17) is 11.1 Å². The van der Waals surface area contributed by atoms with E-state index >= 15 is 0 Å². The van der Waals surface area contributed by atoms with Gasteiger partial charge in [-0.05, 0) is 67.9 Å². The van der Waals surface area contributed by atoms with E-state index in [0.717, 1.165) is 11.6 Å². The first-order valence-electron chi connectivity index (χ1n) is 10.9. The molecule has 7 heteroatoms. The maximum atomic E-state index is 13.6. The van der Waals surface area contributed by atoms with Gasteiger partial charge in [0.1, 0.15) is 5.82 Å². The van der Waals surface area contributed by atoms with E-state index in [1.165, 1.54) is 24.3 Å². The van der Waals surface area contributed by atoms with Crippen LogP contribution in [0.4, 0.5) is 10.1 Å². The average molecular weight is 462 g/mol. The van der Waals surface area contributed by atoms with Gasteiger partial charge in [-0.25, -0.2) is 9.18 Å². The van der Waals surface area contributed by atoms with Gasteiger partial charge < -0.3 is 25.9 Å². The standard InChI is InChI=1S/C25H22FN3O3.C2H6/c1-25(2,32)23-22(14-3-5-15(6-4-14)24(30)31)19-12-20(28)16(13-27)11-21(19)29(23)18-9-7-17(26)8-10-18;1-2/h3-13,27,32H,28H2,1-2H3,(H,30,31);1-2H3. The van der Waals surface area contributed by atoms with Crippen molar-refractivity contribution in [1.82, 2.24) is 4.57 Å². The lowest BCUT2D eigenvalue weighted by Gasteiger charge is -2.23. The van der Waals surface area contributed by atoms with E-state index in [0.29, 0.717) is 39.3 Å². The molecular weight excluding hydrogens is 433 g/mol. The molecule has 0 aliphatic carbocycles. The van der Waals surface area contributed by atoms with Gasteiger partial charge in [0.2, 0.25) is 0 Å². The highest BCUT2D eigenvalue weighted by molar-refractivity contribution is 6.05. The van der Waals surface area contributed by atoms with Gasteiger partial charge >= 0.3 is 5.97 Å². The molecule has 0 atom stereocenters. The third kappa shape index (κ3) is 4.43. The Morgan fingerprint density at radius 1 is 1.06 bits per heavy atom. The summed E-state index contributed by atoms with van der Waals surface area (Å²) in [4.78, 5) is 11.3. The highest BCUT2D eigenvalue weighted by atomic mass is 19.1. The highest BCUT2D eigenvalue weighted by Gasteiger charge is 2.30. The first-order chi connectivity index (χ1) is 16.1. The first kappa shape index (κ1) is 24.7. The molecule has 6 nitrogen and oxygen atoms in total. The molecule has 1 aromatic heterocycles. The number of hydrogen-bond acceptors (Lipinski definition) is 4. The Kier molecular flexibility index (Phi) is 6.88. The Labute approximate surface area is 197 Å². The number of anilines is 1. The summed E-state index contributed by atoms with van der Waals surface area (Å²) in [5.74, 6) is -1.42. The summed E-state index contributed by atoms with van der Waals surface area (Å²) in [6, 6.07) is 15.8. The van der Waals surface area contributed by atoms with E-state index in [2.05, 4.69) is 0 Å². The van der Waals surface area contributed by atoms with Crippen LogP contribution in [-0.2, 0) is 5.60 Å². The lowest BCUT2D eigenvalue weighted by Crippen LogP contribution is -2.21. The fraction of sp³-hybridized carbons (Fsp3) is 0.185. The molecule has 4 rings (SSSR count). The molecule has 0 fully saturated rings. The van der Waals surface area contributed by atoms with E-state index < -0.39 is 11.6 Å². The normalized spacial score (nSPS) is 11.1. The third-order valence-corrected chi connectivity index (χ3v) is 5.41. The van der Waals surface area contributed by atoms with Crippen LogP contribution in [0.3, 0.4) is 0 Å². The summed E-state index contributed by atoms with van der Waals surface area (Å²) in [7, 11) is 0. The number of hydrogen-bond donors (Lipinski definition) is 4. The number of benzene rings is 3. The van der Waals surface area contributed by atoms with Gasteiger partial charge in [-0.2, -0.15) is 0 Å². The third-order valence-electron chi connectivity index (χ3n) is 5.41. The molecule has 0 radical (unpaired) electrons. The van der Waals surface area contributed by atoms with E-state index in [1.54, 1.807) is 50.2 Å². The fourth-order valence-electron chi connectivity index (χ4n) is 4.00. The Morgan fingerprint density at radius 3 is 2.15 bits per heavy atom. The molecule has 5 N–H and O–H groups in total. The quantitative estimate of drug-likeness (QED) is 0.217. The van der Waals surface area contributed by atoms with Crippen molar-refractivity contribution in [2.75, 3.05) is 5.73 Å². The summed E-state index contributed by atoms with van der Waals surface area (Å²) in [5, 5.41) is 28.9. The van der Waals surface area contributed by atoms with Crippen LogP contribution in [0.15, 0.2) is 60.7 Å². The number of fused-ring (bicyclic) bond motifs is 1. The van der Waals surface area contributed by atoms with Crippen molar-refractivity contribution >= 4 is 28.8 Å². The molecular formula is C27H28FN3O3. The van der Waals surface area contributed by atoms with Crippen LogP contribution in [0.25, 0.3) is 27.7 Å². The molecule has 34 heavy (non-hydrogen) atoms. The molecule has 0 unspecified atom stereocenters. The van der Waals surface area contributed by atoms with Crippen LogP contribution in [0.1, 0.15) is 49.3 Å². The summed E-state index contributed by atoms with van der Waals surface area (Å²) >= 11 is 0. The number of aromatic carboxylic acids is 1. The SMILES string of the molecule is CC.CC(C)(O)c1c(-c2ccc(C(=O)O)cc2)c2cc(N)c(C=N)cc2n1-c1ccc(F)cc1. The van der Waals surface area contributed by atoms with Crippen molar-refractivity contribution in [3.8, 4) is 16.8 Å². The zero-order valence-corrected chi connectivity index (χ0v) is 19.6. The number of aromatic nitrogens is 1. The van der Waals surface area contributed by atoms with Gasteiger partial charge in [-0.15, -0.1) is 0 Å². The van der Waals surface area contributed by atoms with Crippen molar-refractivity contribution < 1.29 is 19.4 Å². The van der Waals surface area contributed by atoms with Crippen LogP contribution in [0, 0.1) is 11.2 Å². The Balaban J connectivity index is 0.00000158. The van der Waals surface area contributed by atoms with Gasteiger partial charge in [0.05, 0.1) is 22.4 Å². The lowest BCUT2D eigenvalue weighted by molar-refractivity contribution is 0.0695. The average Bonchev–Trinajstić information content (AvgIpc) is 3.14. The molecule has 1 heterocycles. The summed E-state index contributed by atoms with van der Waals surface area (Å²) in [6.45, 7) is 7.30. The zero-order valence-electron chi connectivity index (χ0n) is 19.6. The predicted octanol–water partition coefficient (Wildman–Crippen LogP) is 5.97. The minimum atomic E-state index is -1.33. The van der Waals surface area contributed by atoms with Gasteiger partial charge in [0, 0.05) is 34.1 Å². The number of aliphatic hydroxyl groups is 1. The maximum Gasteiger partial charge on any atom is 0.335 e. The van der Waals surface area contributed by atoms with Crippen LogP contribution < -0.4 is 5.73 Å². The monoisotopic (exact) mass is 461 g/mol. The second-order valence-corrected chi connectivity index (χ2v) is 8.12. The number of nitrogens with two attached hydrogens (primary N) is 1. The largest absolute Gasteiger partial charge is 0.478 e. The van der Waals surface area contributed by atoms with Crippen molar-refractivity contribution in [3.05, 3.63) is 83.3 Å². The molecule has 176 valence electrons. The number of halogens is 1. The smallest absolute Gasteiger partial charge is 0.335 e. The Bertz CT molecular complexity index is 1350. The number of nitrogens with zero attached hydrogens (tertiary/aromatic N) is 1. The number of nitrogens with one attached hydrogen (secondary N) is 1. The molecule has 0 saturated carbocycles. The van der Waals surface area contributed by atoms with E-state index in [1.807, 2.05) is 18.4 Å². The van der Waals surface area contributed by atoms with Gasteiger partial charge in [-0.1, -0.05) is 26.0 Å². The molecule has 0 spiro atoms. The number of carboxylic acids is 1. The second-order valence-electron chi connectivity index (χ2n) is 8.12. The van der Waals surface area contributed by atoms with Crippen LogP contribution >= 0.6 is 0 Å². The number of rotatable bonds is 5. The maximum absolute atomic E-state index is 13.6. The highest BCUT2D eigenvalue weighted by Crippen LogP contribution is 2.43. The van der Waals surface area contributed by atoms with Crippen LogP contribution in [-0.4, -0.2) is 27.0 Å². The van der Waals surface area contributed by atoms with Gasteiger partial charge in [0.25, 0.3) is 0 Å². The van der Waals surface area contributed by atoms with Crippen molar-refractivity contribution in [2.24, 2.45) is 0 Å². The predicted molar refractivity (Wildman–Crippen MR) is 135 cm³/mol. The molecule has 0 aliphatic heterocycles. The van der Waals surface area contributed by atoms with Crippen molar-refractivity contribution in [1.29, 1.82) is 5.41 Å². The van der Waals surface area contributed by atoms with Crippen molar-refractivity contribution in [3.63, 3.8) is 0 Å². The molecule has 4 aromatic rings. The van der Waals surface area contributed by atoms with Crippen LogP contribution in [0.2, 0.25) is 0 Å². The minimum absolute atomic E-state index is 0.145. The molecule has 0 bridgehead atoms.